The summed E-state index contributed by atoms with van der Waals surface area (Å²) in [5, 5.41) is 0.695. The fraction of sp³-hybridized carbons (Fsp3) is 0.333. The molecule has 1 saturated heterocycles. The van der Waals surface area contributed by atoms with Crippen LogP contribution < -0.4 is 9.64 Å². The third-order valence-corrected chi connectivity index (χ3v) is 4.68. The molecule has 5 nitrogen and oxygen atoms in total. The second-order valence-electron chi connectivity index (χ2n) is 5.79. The van der Waals surface area contributed by atoms with Crippen LogP contribution in [-0.4, -0.2) is 49.1 Å². The molecular weight excluding hydrogens is 326 g/mol. The number of ether oxygens (including phenoxy) is 1. The Hall–Kier alpha value is -2.27. The Bertz CT molecular complexity index is 729. The van der Waals surface area contributed by atoms with E-state index in [1.54, 1.807) is 31.6 Å². The zero-order chi connectivity index (χ0) is 17.1. The van der Waals surface area contributed by atoms with Gasteiger partial charge in [0, 0.05) is 49.7 Å². The number of amides is 1. The molecule has 1 aromatic heterocycles. The number of hydrogen-bond donors (Lipinski definition) is 0. The highest BCUT2D eigenvalue weighted by Gasteiger charge is 2.24. The summed E-state index contributed by atoms with van der Waals surface area (Å²) in [6.45, 7) is 4.82. The molecule has 0 atom stereocenters. The number of rotatable bonds is 3. The summed E-state index contributed by atoms with van der Waals surface area (Å²) in [4.78, 5) is 20.6. The van der Waals surface area contributed by atoms with Crippen LogP contribution in [0.3, 0.4) is 0 Å². The predicted octanol–water partition coefficient (Wildman–Crippen LogP) is 3.01. The lowest BCUT2D eigenvalue weighted by molar-refractivity contribution is 0.0746. The van der Waals surface area contributed by atoms with Gasteiger partial charge in [0.05, 0.1) is 18.4 Å². The number of pyridine rings is 1. The van der Waals surface area contributed by atoms with E-state index in [1.165, 1.54) is 0 Å². The first-order valence-corrected chi connectivity index (χ1v) is 8.26. The first-order valence-electron chi connectivity index (χ1n) is 7.88. The molecule has 0 radical (unpaired) electrons. The lowest BCUT2D eigenvalue weighted by Gasteiger charge is -2.36. The summed E-state index contributed by atoms with van der Waals surface area (Å²) in [7, 11) is 1.65. The van der Waals surface area contributed by atoms with Crippen molar-refractivity contribution in [1.82, 2.24) is 9.88 Å². The zero-order valence-electron chi connectivity index (χ0n) is 13.8. The third-order valence-electron chi connectivity index (χ3n) is 4.28. The highest BCUT2D eigenvalue weighted by molar-refractivity contribution is 6.31. The van der Waals surface area contributed by atoms with E-state index in [0.717, 1.165) is 30.1 Å². The van der Waals surface area contributed by atoms with Crippen molar-refractivity contribution >= 4 is 23.2 Å². The number of nitrogens with zero attached hydrogens (tertiary/aromatic N) is 3. The van der Waals surface area contributed by atoms with Crippen molar-refractivity contribution in [1.29, 1.82) is 0 Å². The largest absolute Gasteiger partial charge is 0.495 e. The topological polar surface area (TPSA) is 45.7 Å². The summed E-state index contributed by atoms with van der Waals surface area (Å²) in [6, 6.07) is 7.47. The molecule has 1 aliphatic rings. The molecule has 0 bridgehead atoms. The molecule has 3 rings (SSSR count). The summed E-state index contributed by atoms with van der Waals surface area (Å²) >= 11 is 6.18. The van der Waals surface area contributed by atoms with Crippen LogP contribution in [0.4, 0.5) is 5.69 Å². The molecule has 6 heteroatoms. The smallest absolute Gasteiger partial charge is 0.255 e. The second-order valence-corrected chi connectivity index (χ2v) is 6.20. The van der Waals surface area contributed by atoms with Crippen LogP contribution in [0.1, 0.15) is 15.9 Å². The van der Waals surface area contributed by atoms with E-state index >= 15 is 0 Å². The quantitative estimate of drug-likeness (QED) is 0.858. The van der Waals surface area contributed by atoms with Gasteiger partial charge in [0.25, 0.3) is 5.91 Å². The molecule has 0 unspecified atom stereocenters. The molecular formula is C18H20ClN3O2. The molecule has 1 aliphatic heterocycles. The lowest BCUT2D eigenvalue weighted by Crippen LogP contribution is -2.48. The molecule has 0 aliphatic carbocycles. The fourth-order valence-electron chi connectivity index (χ4n) is 2.88. The summed E-state index contributed by atoms with van der Waals surface area (Å²) < 4.78 is 5.46. The maximum atomic E-state index is 12.5. The van der Waals surface area contributed by atoms with Crippen LogP contribution in [0.2, 0.25) is 5.02 Å². The maximum absolute atomic E-state index is 12.5. The molecule has 0 N–H and O–H groups in total. The summed E-state index contributed by atoms with van der Waals surface area (Å²) in [5.41, 5.74) is 2.67. The average molecular weight is 346 g/mol. The predicted molar refractivity (Wildman–Crippen MR) is 95.1 cm³/mol. The van der Waals surface area contributed by atoms with Crippen LogP contribution in [0.5, 0.6) is 5.75 Å². The van der Waals surface area contributed by atoms with Crippen LogP contribution >= 0.6 is 11.6 Å². The normalized spacial score (nSPS) is 14.6. The second kappa shape index (κ2) is 7.09. The summed E-state index contributed by atoms with van der Waals surface area (Å²) in [5.74, 6) is 0.791. The number of aryl methyl sites for hydroxylation is 1. The van der Waals surface area contributed by atoms with Crippen molar-refractivity contribution in [2.24, 2.45) is 0 Å². The lowest BCUT2D eigenvalue weighted by atomic mass is 10.1. The van der Waals surface area contributed by atoms with Gasteiger partial charge >= 0.3 is 0 Å². The maximum Gasteiger partial charge on any atom is 0.255 e. The van der Waals surface area contributed by atoms with E-state index in [2.05, 4.69) is 9.88 Å². The van der Waals surface area contributed by atoms with E-state index in [-0.39, 0.29) is 5.91 Å². The van der Waals surface area contributed by atoms with Gasteiger partial charge in [-0.25, -0.2) is 0 Å². The Labute approximate surface area is 146 Å². The first kappa shape index (κ1) is 16.6. The van der Waals surface area contributed by atoms with Gasteiger partial charge in [-0.1, -0.05) is 11.6 Å². The van der Waals surface area contributed by atoms with Crippen LogP contribution in [0.15, 0.2) is 36.7 Å². The van der Waals surface area contributed by atoms with Gasteiger partial charge in [-0.3, -0.25) is 9.78 Å². The van der Waals surface area contributed by atoms with Crippen molar-refractivity contribution in [2.75, 3.05) is 38.2 Å². The number of carbonyl (C=O) groups excluding carboxylic acids is 1. The van der Waals surface area contributed by atoms with Crippen molar-refractivity contribution in [2.45, 2.75) is 6.92 Å². The Morgan fingerprint density at radius 1 is 1.25 bits per heavy atom. The third kappa shape index (κ3) is 3.31. The SMILES string of the molecule is COc1cc(Cl)c(C)cc1N1CCN(C(=O)c2cccnc2)CC1. The minimum Gasteiger partial charge on any atom is -0.495 e. The van der Waals surface area contributed by atoms with E-state index in [9.17, 15) is 4.79 Å². The Balaban J connectivity index is 1.72. The first-order chi connectivity index (χ1) is 11.6. The van der Waals surface area contributed by atoms with Crippen molar-refractivity contribution in [3.05, 3.63) is 52.8 Å². The number of methoxy groups -OCH3 is 1. The highest BCUT2D eigenvalue weighted by Crippen LogP contribution is 2.34. The van der Waals surface area contributed by atoms with Crippen molar-refractivity contribution in [3.8, 4) is 5.75 Å². The number of benzene rings is 1. The number of anilines is 1. The Morgan fingerprint density at radius 3 is 2.62 bits per heavy atom. The fourth-order valence-corrected chi connectivity index (χ4v) is 3.03. The van der Waals surface area contributed by atoms with Gasteiger partial charge < -0.3 is 14.5 Å². The highest BCUT2D eigenvalue weighted by atomic mass is 35.5. The molecule has 2 aromatic rings. The summed E-state index contributed by atoms with van der Waals surface area (Å²) in [6.07, 6.45) is 3.28. The van der Waals surface area contributed by atoms with Crippen LogP contribution in [0, 0.1) is 6.92 Å². The minimum atomic E-state index is 0.0296. The molecule has 126 valence electrons. The van der Waals surface area contributed by atoms with Crippen molar-refractivity contribution in [3.63, 3.8) is 0 Å². The van der Waals surface area contributed by atoms with Gasteiger partial charge in [0.2, 0.25) is 0 Å². The van der Waals surface area contributed by atoms with E-state index in [4.69, 9.17) is 16.3 Å². The van der Waals surface area contributed by atoms with E-state index in [1.807, 2.05) is 24.0 Å². The molecule has 1 fully saturated rings. The van der Waals surface area contributed by atoms with E-state index < -0.39 is 0 Å². The van der Waals surface area contributed by atoms with Crippen LogP contribution in [0.25, 0.3) is 0 Å². The molecule has 1 aromatic carbocycles. The molecule has 0 saturated carbocycles. The minimum absolute atomic E-state index is 0.0296. The molecule has 24 heavy (non-hydrogen) atoms. The average Bonchev–Trinajstić information content (AvgIpc) is 2.64. The van der Waals surface area contributed by atoms with Gasteiger partial charge in [0.15, 0.2) is 0 Å². The van der Waals surface area contributed by atoms with Gasteiger partial charge in [0.1, 0.15) is 5.75 Å². The molecule has 0 spiro atoms. The van der Waals surface area contributed by atoms with Crippen LogP contribution in [-0.2, 0) is 0 Å². The number of hydrogen-bond acceptors (Lipinski definition) is 4. The van der Waals surface area contributed by atoms with Gasteiger partial charge in [-0.05, 0) is 30.7 Å². The number of carbonyl (C=O) groups is 1. The Kier molecular flexibility index (Phi) is 4.90. The number of piperazine rings is 1. The van der Waals surface area contributed by atoms with Gasteiger partial charge in [-0.15, -0.1) is 0 Å². The van der Waals surface area contributed by atoms with Crippen molar-refractivity contribution < 1.29 is 9.53 Å². The molecule has 2 heterocycles. The van der Waals surface area contributed by atoms with E-state index in [0.29, 0.717) is 23.7 Å². The standard InChI is InChI=1S/C18H20ClN3O2/c1-13-10-16(17(24-2)11-15(13)19)21-6-8-22(9-7-21)18(23)14-4-3-5-20-12-14/h3-5,10-12H,6-9H2,1-2H3. The monoisotopic (exact) mass is 345 g/mol. The number of halogens is 1. The molecule has 1 amide bonds. The van der Waals surface area contributed by atoms with Gasteiger partial charge in [-0.2, -0.15) is 0 Å². The Morgan fingerprint density at radius 2 is 2.00 bits per heavy atom. The number of aromatic nitrogens is 1. The zero-order valence-corrected chi connectivity index (χ0v) is 14.6.